The van der Waals surface area contributed by atoms with Gasteiger partial charge in [0.25, 0.3) is 0 Å². The second-order valence-electron chi connectivity index (χ2n) is 9.43. The number of thiophene rings is 1. The first-order valence-corrected chi connectivity index (χ1v) is 13.1. The van der Waals surface area contributed by atoms with Crippen LogP contribution in [0.3, 0.4) is 0 Å². The van der Waals surface area contributed by atoms with Gasteiger partial charge in [0, 0.05) is 53.6 Å². The SMILES string of the molecule is CC(=O)Oc1ccc([C@@H]2C(C(=O)OC[C@@H]3CCCO3)=C(C)NC3=C2C(=O)C[C@@H](c2cccs2)C3)cc1. The number of allylic oxidation sites excluding steroid dienone is 3. The fraction of sp³-hybridized carbons (Fsp3) is 0.393. The molecule has 3 atom stereocenters. The standard InChI is InChI=1S/C28H29NO6S/c1-16-25(28(32)34-15-21-5-3-11-33-21)26(18-7-9-20(10-8-18)35-17(2)30)27-22(29-16)13-19(14-23(27)31)24-6-4-12-36-24/h4,6-10,12,19,21,26,29H,3,5,11,13-15H2,1-2H3/t19-,21-,26+/m0/s1. The van der Waals surface area contributed by atoms with E-state index in [4.69, 9.17) is 14.2 Å². The summed E-state index contributed by atoms with van der Waals surface area (Å²) in [6.45, 7) is 4.07. The van der Waals surface area contributed by atoms with E-state index in [0.717, 1.165) is 24.1 Å². The predicted octanol–water partition coefficient (Wildman–Crippen LogP) is 4.76. The van der Waals surface area contributed by atoms with E-state index < -0.39 is 17.9 Å². The Bertz CT molecular complexity index is 1220. The monoisotopic (exact) mass is 507 g/mol. The molecule has 0 radical (unpaired) electrons. The first-order chi connectivity index (χ1) is 17.4. The molecule has 1 fully saturated rings. The third kappa shape index (κ3) is 5.01. The number of hydrogen-bond donors (Lipinski definition) is 1. The largest absolute Gasteiger partial charge is 0.459 e. The van der Waals surface area contributed by atoms with Crippen molar-refractivity contribution in [3.8, 4) is 5.75 Å². The Morgan fingerprint density at radius 3 is 2.64 bits per heavy atom. The smallest absolute Gasteiger partial charge is 0.336 e. The van der Waals surface area contributed by atoms with E-state index >= 15 is 0 Å². The number of nitrogens with one attached hydrogen (secondary N) is 1. The minimum absolute atomic E-state index is 0.0214. The van der Waals surface area contributed by atoms with Crippen LogP contribution in [0, 0.1) is 0 Å². The van der Waals surface area contributed by atoms with Gasteiger partial charge in [-0.05, 0) is 55.3 Å². The highest BCUT2D eigenvalue weighted by molar-refractivity contribution is 7.10. The molecule has 2 aliphatic heterocycles. The Morgan fingerprint density at radius 2 is 1.97 bits per heavy atom. The molecule has 0 unspecified atom stereocenters. The number of esters is 2. The maximum absolute atomic E-state index is 13.6. The van der Waals surface area contributed by atoms with Crippen molar-refractivity contribution in [2.75, 3.05) is 13.2 Å². The fourth-order valence-corrected chi connectivity index (χ4v) is 6.11. The molecule has 36 heavy (non-hydrogen) atoms. The van der Waals surface area contributed by atoms with Crippen LogP contribution in [0.25, 0.3) is 0 Å². The van der Waals surface area contributed by atoms with Crippen molar-refractivity contribution >= 4 is 29.1 Å². The normalized spacial score (nSPS) is 23.8. The lowest BCUT2D eigenvalue weighted by Gasteiger charge is -2.36. The average molecular weight is 508 g/mol. The summed E-state index contributed by atoms with van der Waals surface area (Å²) in [5.41, 5.74) is 3.34. The van der Waals surface area contributed by atoms with Gasteiger partial charge in [0.05, 0.1) is 11.7 Å². The minimum Gasteiger partial charge on any atom is -0.459 e. The summed E-state index contributed by atoms with van der Waals surface area (Å²) < 4.78 is 16.5. The van der Waals surface area contributed by atoms with Crippen LogP contribution in [0.1, 0.15) is 61.8 Å². The van der Waals surface area contributed by atoms with Crippen LogP contribution < -0.4 is 10.1 Å². The van der Waals surface area contributed by atoms with Crippen molar-refractivity contribution in [2.45, 2.75) is 57.5 Å². The number of rotatable bonds is 6. The third-order valence-electron chi connectivity index (χ3n) is 6.89. The summed E-state index contributed by atoms with van der Waals surface area (Å²) in [7, 11) is 0. The van der Waals surface area contributed by atoms with Crippen LogP contribution in [0.5, 0.6) is 5.75 Å². The Labute approximate surface area is 214 Å². The molecule has 0 amide bonds. The fourth-order valence-electron chi connectivity index (χ4n) is 5.28. The van der Waals surface area contributed by atoms with E-state index in [-0.39, 0.29) is 24.4 Å². The molecule has 188 valence electrons. The molecule has 2 aromatic rings. The molecular formula is C28H29NO6S. The summed E-state index contributed by atoms with van der Waals surface area (Å²) in [6, 6.07) is 11.1. The minimum atomic E-state index is -0.568. The summed E-state index contributed by atoms with van der Waals surface area (Å²) in [6.07, 6.45) is 2.81. The molecule has 0 bridgehead atoms. The van der Waals surface area contributed by atoms with Gasteiger partial charge >= 0.3 is 11.9 Å². The molecule has 0 spiro atoms. The number of benzene rings is 1. The number of carbonyl (C=O) groups is 3. The van der Waals surface area contributed by atoms with Crippen molar-refractivity contribution in [3.05, 3.63) is 74.8 Å². The van der Waals surface area contributed by atoms with Gasteiger partial charge in [-0.15, -0.1) is 11.3 Å². The van der Waals surface area contributed by atoms with Crippen molar-refractivity contribution in [2.24, 2.45) is 0 Å². The van der Waals surface area contributed by atoms with Crippen molar-refractivity contribution in [1.29, 1.82) is 0 Å². The van der Waals surface area contributed by atoms with Gasteiger partial charge in [-0.2, -0.15) is 0 Å². The third-order valence-corrected chi connectivity index (χ3v) is 7.93. The van der Waals surface area contributed by atoms with Crippen LogP contribution >= 0.6 is 11.3 Å². The van der Waals surface area contributed by atoms with E-state index in [1.165, 1.54) is 11.8 Å². The highest BCUT2D eigenvalue weighted by Gasteiger charge is 2.41. The summed E-state index contributed by atoms with van der Waals surface area (Å²) in [5.74, 6) is -0.897. The molecule has 5 rings (SSSR count). The Kier molecular flexibility index (Phi) is 7.07. The number of dihydropyridines is 1. The molecule has 0 saturated carbocycles. The quantitative estimate of drug-likeness (QED) is 0.445. The van der Waals surface area contributed by atoms with Gasteiger partial charge in [0.2, 0.25) is 0 Å². The number of ketones is 1. The maximum Gasteiger partial charge on any atom is 0.336 e. The summed E-state index contributed by atoms with van der Waals surface area (Å²) in [5, 5.41) is 5.41. The Hall–Kier alpha value is -3.23. The van der Waals surface area contributed by atoms with Crippen LogP contribution in [-0.2, 0) is 23.9 Å². The van der Waals surface area contributed by atoms with Crippen LogP contribution in [0.2, 0.25) is 0 Å². The molecule has 3 aliphatic rings. The highest BCUT2D eigenvalue weighted by Crippen LogP contribution is 2.46. The Balaban J connectivity index is 1.49. The number of hydrogen-bond acceptors (Lipinski definition) is 8. The molecule has 8 heteroatoms. The number of Topliss-reactive ketones (excluding diaryl/α,β-unsaturated/α-hetero) is 1. The van der Waals surface area contributed by atoms with Crippen molar-refractivity contribution < 1.29 is 28.6 Å². The maximum atomic E-state index is 13.6. The number of carbonyl (C=O) groups excluding carboxylic acids is 3. The molecular weight excluding hydrogens is 478 g/mol. The first kappa shape index (κ1) is 24.5. The summed E-state index contributed by atoms with van der Waals surface area (Å²) in [4.78, 5) is 39.6. The lowest BCUT2D eigenvalue weighted by atomic mass is 9.72. The zero-order valence-corrected chi connectivity index (χ0v) is 21.2. The van der Waals surface area contributed by atoms with E-state index in [1.807, 2.05) is 18.4 Å². The molecule has 1 saturated heterocycles. The molecule has 7 nitrogen and oxygen atoms in total. The lowest BCUT2D eigenvalue weighted by molar-refractivity contribution is -0.142. The number of ether oxygens (including phenoxy) is 3. The second-order valence-corrected chi connectivity index (χ2v) is 10.4. The lowest BCUT2D eigenvalue weighted by Crippen LogP contribution is -2.36. The van der Waals surface area contributed by atoms with E-state index in [9.17, 15) is 14.4 Å². The molecule has 1 N–H and O–H groups in total. The highest BCUT2D eigenvalue weighted by atomic mass is 32.1. The zero-order chi connectivity index (χ0) is 25.2. The first-order valence-electron chi connectivity index (χ1n) is 12.2. The van der Waals surface area contributed by atoms with Crippen LogP contribution in [0.4, 0.5) is 0 Å². The molecule has 3 heterocycles. The second kappa shape index (κ2) is 10.4. The molecule has 1 aromatic heterocycles. The van der Waals surface area contributed by atoms with Crippen molar-refractivity contribution in [1.82, 2.24) is 5.32 Å². The Morgan fingerprint density at radius 1 is 1.17 bits per heavy atom. The topological polar surface area (TPSA) is 90.9 Å². The van der Waals surface area contributed by atoms with E-state index in [1.54, 1.807) is 35.6 Å². The molecule has 1 aliphatic carbocycles. The van der Waals surface area contributed by atoms with Gasteiger partial charge in [0.15, 0.2) is 5.78 Å². The van der Waals surface area contributed by atoms with Gasteiger partial charge in [-0.25, -0.2) is 4.79 Å². The van der Waals surface area contributed by atoms with E-state index in [2.05, 4.69) is 11.4 Å². The van der Waals surface area contributed by atoms with Gasteiger partial charge in [-0.3, -0.25) is 9.59 Å². The zero-order valence-electron chi connectivity index (χ0n) is 20.4. The van der Waals surface area contributed by atoms with Gasteiger partial charge < -0.3 is 19.5 Å². The predicted molar refractivity (Wildman–Crippen MR) is 135 cm³/mol. The van der Waals surface area contributed by atoms with Crippen molar-refractivity contribution in [3.63, 3.8) is 0 Å². The van der Waals surface area contributed by atoms with Crippen LogP contribution in [0.15, 0.2) is 64.3 Å². The van der Waals surface area contributed by atoms with E-state index in [0.29, 0.717) is 42.0 Å². The molecule has 1 aromatic carbocycles. The van der Waals surface area contributed by atoms with Gasteiger partial charge in [-0.1, -0.05) is 18.2 Å². The average Bonchev–Trinajstić information content (AvgIpc) is 3.56. The van der Waals surface area contributed by atoms with Crippen LogP contribution in [-0.4, -0.2) is 37.0 Å². The summed E-state index contributed by atoms with van der Waals surface area (Å²) >= 11 is 1.66. The van der Waals surface area contributed by atoms with Gasteiger partial charge in [0.1, 0.15) is 12.4 Å².